The van der Waals surface area contributed by atoms with Gasteiger partial charge in [-0.05, 0) is 49.7 Å². The van der Waals surface area contributed by atoms with Crippen molar-refractivity contribution in [2.24, 2.45) is 0 Å². The summed E-state index contributed by atoms with van der Waals surface area (Å²) >= 11 is 0. The smallest absolute Gasteiger partial charge is 0.334 e. The van der Waals surface area contributed by atoms with Crippen LogP contribution in [-0.4, -0.2) is 19.9 Å². The van der Waals surface area contributed by atoms with E-state index in [1.54, 1.807) is 6.20 Å². The molecule has 0 saturated carbocycles. The Bertz CT molecular complexity index is 1220. The number of aryl methyl sites for hydroxylation is 2. The molecule has 0 atom stereocenters. The van der Waals surface area contributed by atoms with Crippen LogP contribution in [0, 0.1) is 24.0 Å². The minimum atomic E-state index is -0.489. The van der Waals surface area contributed by atoms with Gasteiger partial charge in [0.1, 0.15) is 6.33 Å². The van der Waals surface area contributed by atoms with E-state index in [-0.39, 0.29) is 17.3 Å². The number of hydrogen-bond donors (Lipinski definition) is 2. The molecule has 0 aliphatic heterocycles. The van der Waals surface area contributed by atoms with Crippen LogP contribution in [0.15, 0.2) is 61.1 Å². The van der Waals surface area contributed by atoms with Gasteiger partial charge in [-0.3, -0.25) is 15.1 Å². The van der Waals surface area contributed by atoms with Gasteiger partial charge in [-0.1, -0.05) is 23.8 Å². The molecule has 0 saturated heterocycles. The highest BCUT2D eigenvalue weighted by molar-refractivity contribution is 5.94. The number of anilines is 4. The number of rotatable bonds is 5. The third-order valence-electron chi connectivity index (χ3n) is 4.54. The van der Waals surface area contributed by atoms with Crippen LogP contribution >= 0.6 is 0 Å². The number of nitrogens with one attached hydrogen (secondary N) is 2. The Kier molecular flexibility index (Phi) is 4.74. The van der Waals surface area contributed by atoms with Crippen molar-refractivity contribution < 1.29 is 4.92 Å². The van der Waals surface area contributed by atoms with E-state index in [9.17, 15) is 10.1 Å². The van der Waals surface area contributed by atoms with Crippen molar-refractivity contribution in [2.45, 2.75) is 13.8 Å². The fourth-order valence-electron chi connectivity index (χ4n) is 3.16. The van der Waals surface area contributed by atoms with Crippen LogP contribution in [-0.2, 0) is 0 Å². The molecule has 8 heteroatoms. The lowest BCUT2D eigenvalue weighted by molar-refractivity contribution is -0.383. The second kappa shape index (κ2) is 7.51. The van der Waals surface area contributed by atoms with Crippen LogP contribution in [0.5, 0.6) is 0 Å². The fourth-order valence-corrected chi connectivity index (χ4v) is 3.16. The monoisotopic (exact) mass is 386 g/mol. The van der Waals surface area contributed by atoms with Crippen molar-refractivity contribution in [1.82, 2.24) is 15.0 Å². The summed E-state index contributed by atoms with van der Waals surface area (Å²) in [6, 6.07) is 15.1. The molecule has 2 aromatic heterocycles. The molecule has 2 aromatic carbocycles. The third kappa shape index (κ3) is 3.68. The van der Waals surface area contributed by atoms with Crippen LogP contribution < -0.4 is 10.6 Å². The zero-order chi connectivity index (χ0) is 20.4. The van der Waals surface area contributed by atoms with E-state index in [2.05, 4.69) is 25.6 Å². The lowest BCUT2D eigenvalue weighted by Gasteiger charge is -2.13. The zero-order valence-corrected chi connectivity index (χ0v) is 15.9. The minimum absolute atomic E-state index is 0.105. The van der Waals surface area contributed by atoms with Gasteiger partial charge in [-0.15, -0.1) is 0 Å². The van der Waals surface area contributed by atoms with Crippen LogP contribution in [0.2, 0.25) is 0 Å². The van der Waals surface area contributed by atoms with Crippen molar-refractivity contribution in [2.75, 3.05) is 10.6 Å². The van der Waals surface area contributed by atoms with Crippen molar-refractivity contribution in [1.29, 1.82) is 0 Å². The highest BCUT2D eigenvalue weighted by Gasteiger charge is 2.24. The largest absolute Gasteiger partial charge is 0.353 e. The van der Waals surface area contributed by atoms with Gasteiger partial charge >= 0.3 is 5.69 Å². The SMILES string of the molecule is Cc1ccc(Nc2ncnc(Nc3cccc4ncccc34)c2[N+](=O)[O-])c(C)c1. The summed E-state index contributed by atoms with van der Waals surface area (Å²) in [5, 5.41) is 18.8. The molecule has 0 spiro atoms. The number of benzene rings is 2. The standard InChI is InChI=1S/C21H18N6O2/c1-13-8-9-16(14(2)11-13)25-20-19(27(28)29)21(24-12-23-20)26-18-7-3-6-17-15(18)5-4-10-22-17/h3-12H,1-2H3,(H2,23,24,25,26). The maximum atomic E-state index is 11.9. The summed E-state index contributed by atoms with van der Waals surface area (Å²) in [6.07, 6.45) is 3.00. The highest BCUT2D eigenvalue weighted by Crippen LogP contribution is 2.35. The zero-order valence-electron chi connectivity index (χ0n) is 15.9. The maximum absolute atomic E-state index is 11.9. The van der Waals surface area contributed by atoms with Crippen LogP contribution in [0.3, 0.4) is 0 Å². The van der Waals surface area contributed by atoms with E-state index in [0.29, 0.717) is 5.69 Å². The Balaban J connectivity index is 1.76. The van der Waals surface area contributed by atoms with E-state index < -0.39 is 4.92 Å². The van der Waals surface area contributed by atoms with E-state index >= 15 is 0 Å². The topological polar surface area (TPSA) is 106 Å². The van der Waals surface area contributed by atoms with Crippen molar-refractivity contribution in [3.63, 3.8) is 0 Å². The minimum Gasteiger partial charge on any atom is -0.334 e. The number of pyridine rings is 1. The molecule has 0 bridgehead atoms. The van der Waals surface area contributed by atoms with E-state index in [0.717, 1.165) is 27.7 Å². The average molecular weight is 386 g/mol. The van der Waals surface area contributed by atoms with Gasteiger partial charge in [0.25, 0.3) is 0 Å². The van der Waals surface area contributed by atoms with Gasteiger partial charge in [-0.25, -0.2) is 9.97 Å². The summed E-state index contributed by atoms with van der Waals surface area (Å²) in [6.45, 7) is 3.93. The average Bonchev–Trinajstić information content (AvgIpc) is 2.70. The molecule has 0 aliphatic carbocycles. The molecular formula is C21H18N6O2. The molecule has 0 unspecified atom stereocenters. The molecule has 8 nitrogen and oxygen atoms in total. The van der Waals surface area contributed by atoms with Crippen LogP contribution in [0.4, 0.5) is 28.7 Å². The Hall–Kier alpha value is -4.07. The van der Waals surface area contributed by atoms with E-state index in [1.165, 1.54) is 6.33 Å². The molecule has 0 aliphatic rings. The molecule has 4 rings (SSSR count). The van der Waals surface area contributed by atoms with Gasteiger partial charge in [0, 0.05) is 23.0 Å². The van der Waals surface area contributed by atoms with Gasteiger partial charge in [-0.2, -0.15) is 0 Å². The van der Waals surface area contributed by atoms with Crippen LogP contribution in [0.25, 0.3) is 10.9 Å². The van der Waals surface area contributed by atoms with Crippen molar-refractivity contribution in [3.05, 3.63) is 82.3 Å². The van der Waals surface area contributed by atoms with E-state index in [4.69, 9.17) is 0 Å². The van der Waals surface area contributed by atoms with Gasteiger partial charge in [0.15, 0.2) is 0 Å². The second-order valence-corrected chi connectivity index (χ2v) is 6.62. The van der Waals surface area contributed by atoms with Gasteiger partial charge in [0.2, 0.25) is 11.6 Å². The van der Waals surface area contributed by atoms with Crippen molar-refractivity contribution in [3.8, 4) is 0 Å². The molecular weight excluding hydrogens is 368 g/mol. The summed E-state index contributed by atoms with van der Waals surface area (Å²) in [4.78, 5) is 23.9. The van der Waals surface area contributed by atoms with Gasteiger partial charge < -0.3 is 10.6 Å². The lowest BCUT2D eigenvalue weighted by Crippen LogP contribution is -2.06. The summed E-state index contributed by atoms with van der Waals surface area (Å²) in [5.74, 6) is 0.228. The normalized spacial score (nSPS) is 10.7. The first kappa shape index (κ1) is 18.3. The molecule has 0 amide bonds. The molecule has 144 valence electrons. The Morgan fingerprint density at radius 3 is 2.38 bits per heavy atom. The lowest BCUT2D eigenvalue weighted by atomic mass is 10.1. The van der Waals surface area contributed by atoms with Crippen LogP contribution in [0.1, 0.15) is 11.1 Å². The fraction of sp³-hybridized carbons (Fsp3) is 0.0952. The molecule has 2 N–H and O–H groups in total. The molecule has 4 aromatic rings. The Morgan fingerprint density at radius 1 is 0.897 bits per heavy atom. The Morgan fingerprint density at radius 2 is 1.66 bits per heavy atom. The first-order chi connectivity index (χ1) is 14.0. The summed E-state index contributed by atoms with van der Waals surface area (Å²) in [5.41, 5.74) is 4.05. The second-order valence-electron chi connectivity index (χ2n) is 6.62. The number of fused-ring (bicyclic) bond motifs is 1. The number of nitro groups is 1. The Labute approximate surface area is 166 Å². The maximum Gasteiger partial charge on any atom is 0.353 e. The first-order valence-electron chi connectivity index (χ1n) is 8.97. The molecule has 29 heavy (non-hydrogen) atoms. The summed E-state index contributed by atoms with van der Waals surface area (Å²) in [7, 11) is 0. The van der Waals surface area contributed by atoms with E-state index in [1.807, 2.05) is 62.4 Å². The molecule has 2 heterocycles. The molecule has 0 fully saturated rings. The van der Waals surface area contributed by atoms with Gasteiger partial charge in [0.05, 0.1) is 10.4 Å². The summed E-state index contributed by atoms with van der Waals surface area (Å²) < 4.78 is 0. The highest BCUT2D eigenvalue weighted by atomic mass is 16.6. The quantitative estimate of drug-likeness (QED) is 0.366. The number of nitrogens with zero attached hydrogens (tertiary/aromatic N) is 4. The van der Waals surface area contributed by atoms with Crippen molar-refractivity contribution >= 4 is 39.6 Å². The number of aromatic nitrogens is 3. The molecule has 0 radical (unpaired) electrons. The predicted octanol–water partition coefficient (Wildman–Crippen LogP) is 5.04. The first-order valence-corrected chi connectivity index (χ1v) is 8.97. The number of hydrogen-bond acceptors (Lipinski definition) is 7. The predicted molar refractivity (Wildman–Crippen MR) is 113 cm³/mol. The third-order valence-corrected chi connectivity index (χ3v) is 4.54.